The predicted octanol–water partition coefficient (Wildman–Crippen LogP) is 1.96. The fraction of sp³-hybridized carbons (Fsp3) is 0.607. The van der Waals surface area contributed by atoms with E-state index in [0.717, 1.165) is 13.8 Å². The molecule has 2 aliphatic carbocycles. The normalized spacial score (nSPS) is 28.7. The van der Waals surface area contributed by atoms with Gasteiger partial charge < -0.3 is 33.9 Å². The Hall–Kier alpha value is -3.51. The summed E-state index contributed by atoms with van der Waals surface area (Å²) in [5, 5.41) is 22.4. The van der Waals surface area contributed by atoms with Crippen LogP contribution in [0.4, 0.5) is 0 Å². The molecule has 0 amide bonds. The van der Waals surface area contributed by atoms with E-state index in [1.165, 1.54) is 33.8 Å². The lowest BCUT2D eigenvalue weighted by molar-refractivity contribution is -0.151. The first-order chi connectivity index (χ1) is 18.6. The van der Waals surface area contributed by atoms with Crippen LogP contribution in [-0.4, -0.2) is 77.2 Å². The first-order valence-corrected chi connectivity index (χ1v) is 12.9. The first-order valence-electron chi connectivity index (χ1n) is 12.9. The molecule has 2 bridgehead atoms. The number of aliphatic hydroxyl groups excluding tert-OH is 2. The largest absolute Gasteiger partial charge is 0.461 e. The van der Waals surface area contributed by atoms with Gasteiger partial charge in [0.25, 0.3) is 0 Å². The number of carbonyl (C=O) groups excluding carboxylic acids is 5. The van der Waals surface area contributed by atoms with E-state index in [1.54, 1.807) is 6.92 Å². The second kappa shape index (κ2) is 14.2. The highest BCUT2D eigenvalue weighted by atomic mass is 16.6. The van der Waals surface area contributed by atoms with Gasteiger partial charge >= 0.3 is 29.8 Å². The van der Waals surface area contributed by atoms with Crippen LogP contribution in [0.5, 0.6) is 0 Å². The lowest BCUT2D eigenvalue weighted by Crippen LogP contribution is -2.39. The molecule has 0 unspecified atom stereocenters. The van der Waals surface area contributed by atoms with Gasteiger partial charge in [0.05, 0.1) is 12.2 Å². The molecule has 2 N–H and O–H groups in total. The van der Waals surface area contributed by atoms with Crippen LogP contribution in [0.25, 0.3) is 0 Å². The average molecular weight is 567 g/mol. The molecular formula is C28H38O12. The minimum absolute atomic E-state index is 0.117. The first kappa shape index (κ1) is 32.7. The summed E-state index contributed by atoms with van der Waals surface area (Å²) in [5.74, 6) is -4.11. The van der Waals surface area contributed by atoms with Gasteiger partial charge in [-0.15, -0.1) is 0 Å². The lowest BCUT2D eigenvalue weighted by Gasteiger charge is -2.38. The molecule has 0 aromatic rings. The number of hydrogen-bond donors (Lipinski definition) is 2. The van der Waals surface area contributed by atoms with Crippen LogP contribution in [0.2, 0.25) is 0 Å². The Morgan fingerprint density at radius 3 is 1.82 bits per heavy atom. The van der Waals surface area contributed by atoms with E-state index in [9.17, 15) is 34.2 Å². The molecule has 12 nitrogen and oxygen atoms in total. The van der Waals surface area contributed by atoms with Crippen molar-refractivity contribution in [2.24, 2.45) is 5.92 Å². The molecule has 0 saturated carbocycles. The Morgan fingerprint density at radius 2 is 1.32 bits per heavy atom. The van der Waals surface area contributed by atoms with Crippen molar-refractivity contribution in [3.8, 4) is 0 Å². The highest BCUT2D eigenvalue weighted by Gasteiger charge is 2.41. The molecule has 0 aromatic carbocycles. The molecule has 12 heteroatoms. The summed E-state index contributed by atoms with van der Waals surface area (Å²) in [4.78, 5) is 60.0. The van der Waals surface area contributed by atoms with Crippen molar-refractivity contribution < 1.29 is 57.9 Å². The summed E-state index contributed by atoms with van der Waals surface area (Å²) in [7, 11) is 0. The summed E-state index contributed by atoms with van der Waals surface area (Å²) in [5.41, 5.74) is 1.28. The van der Waals surface area contributed by atoms with Crippen LogP contribution in [0.3, 0.4) is 0 Å². The van der Waals surface area contributed by atoms with E-state index in [1.807, 2.05) is 0 Å². The predicted molar refractivity (Wildman–Crippen MR) is 138 cm³/mol. The smallest absolute Gasteiger partial charge is 0.307 e. The maximum Gasteiger partial charge on any atom is 0.307 e. The van der Waals surface area contributed by atoms with Gasteiger partial charge in [-0.1, -0.05) is 6.08 Å². The van der Waals surface area contributed by atoms with Crippen LogP contribution >= 0.6 is 0 Å². The SMILES string of the molecule is CC(=O)OC/C1=C\[C@H](O)[C@H]2CC(=C(C)[C@@H](OC(C)=O)C2)[C@@H](OC(C)=O)C(OC(C)=O)=C(C)[C@@H](OC(C)=O)C[C@@H]1O. The van der Waals surface area contributed by atoms with Gasteiger partial charge in [0.2, 0.25) is 0 Å². The van der Waals surface area contributed by atoms with Gasteiger partial charge in [-0.25, -0.2) is 0 Å². The second-order valence-electron chi connectivity index (χ2n) is 10.00. The van der Waals surface area contributed by atoms with E-state index < -0.39 is 66.3 Å². The zero-order chi connectivity index (χ0) is 30.3. The standard InChI is InChI=1S/C28H38O12/c1-13-22-8-20(10-25(13)37-16(4)30)23(34)9-21(12-36-15(3)29)24(35)11-26(38-17(5)31)14(2)27(39-18(6)32)28(22)40-19(7)33/h9,20,23-26,28,34-35H,8,10-12H2,1-7H3/b21-9+,27-14?/t20-,23-,24-,25-,26-,28+/m0/s1. The number of rotatable bonds is 6. The highest BCUT2D eigenvalue weighted by Crippen LogP contribution is 2.40. The number of esters is 5. The molecule has 0 saturated heterocycles. The van der Waals surface area contributed by atoms with Crippen LogP contribution in [0.1, 0.15) is 67.7 Å². The molecule has 222 valence electrons. The summed E-state index contributed by atoms with van der Waals surface area (Å²) in [6.07, 6.45) is -4.49. The topological polar surface area (TPSA) is 172 Å². The van der Waals surface area contributed by atoms with Gasteiger partial charge in [0.15, 0.2) is 11.9 Å². The second-order valence-corrected chi connectivity index (χ2v) is 10.00. The third-order valence-corrected chi connectivity index (χ3v) is 6.74. The maximum absolute atomic E-state index is 12.3. The molecule has 0 radical (unpaired) electrons. The number of carbonyl (C=O) groups is 5. The molecule has 40 heavy (non-hydrogen) atoms. The molecule has 0 spiro atoms. The molecule has 0 heterocycles. The van der Waals surface area contributed by atoms with E-state index in [-0.39, 0.29) is 42.8 Å². The van der Waals surface area contributed by atoms with Gasteiger partial charge in [-0.05, 0) is 49.3 Å². The molecule has 0 aliphatic heterocycles. The Morgan fingerprint density at radius 1 is 0.775 bits per heavy atom. The highest BCUT2D eigenvalue weighted by molar-refractivity contribution is 5.70. The van der Waals surface area contributed by atoms with Crippen molar-refractivity contribution in [2.75, 3.05) is 6.61 Å². The Balaban J connectivity index is 2.89. The number of fused-ring (bicyclic) bond motifs is 2. The van der Waals surface area contributed by atoms with Crippen LogP contribution in [0, 0.1) is 5.92 Å². The van der Waals surface area contributed by atoms with Crippen molar-refractivity contribution in [3.63, 3.8) is 0 Å². The van der Waals surface area contributed by atoms with E-state index in [0.29, 0.717) is 11.1 Å². The number of aliphatic hydroxyl groups is 2. The third kappa shape index (κ3) is 9.02. The Bertz CT molecular complexity index is 1110. The summed E-state index contributed by atoms with van der Waals surface area (Å²) in [6.45, 7) is 8.74. The summed E-state index contributed by atoms with van der Waals surface area (Å²) >= 11 is 0. The molecule has 2 rings (SSSR count). The third-order valence-electron chi connectivity index (χ3n) is 6.74. The van der Waals surface area contributed by atoms with Crippen LogP contribution in [0.15, 0.2) is 34.1 Å². The zero-order valence-corrected chi connectivity index (χ0v) is 23.8. The quantitative estimate of drug-likeness (QED) is 0.272. The minimum atomic E-state index is -1.37. The average Bonchev–Trinajstić information content (AvgIpc) is 2.82. The number of hydrogen-bond acceptors (Lipinski definition) is 12. The molecule has 0 aromatic heterocycles. The van der Waals surface area contributed by atoms with Gasteiger partial charge in [-0.2, -0.15) is 0 Å². The summed E-state index contributed by atoms with van der Waals surface area (Å²) < 4.78 is 27.3. The summed E-state index contributed by atoms with van der Waals surface area (Å²) in [6, 6.07) is 0. The van der Waals surface area contributed by atoms with Crippen molar-refractivity contribution in [3.05, 3.63) is 34.1 Å². The fourth-order valence-corrected chi connectivity index (χ4v) is 4.86. The minimum Gasteiger partial charge on any atom is -0.461 e. The fourth-order valence-electron chi connectivity index (χ4n) is 4.86. The van der Waals surface area contributed by atoms with E-state index in [2.05, 4.69) is 0 Å². The van der Waals surface area contributed by atoms with E-state index >= 15 is 0 Å². The Labute approximate surface area is 232 Å². The van der Waals surface area contributed by atoms with Gasteiger partial charge in [-0.3, -0.25) is 24.0 Å². The molecule has 0 fully saturated rings. The van der Waals surface area contributed by atoms with Crippen molar-refractivity contribution in [1.29, 1.82) is 0 Å². The van der Waals surface area contributed by atoms with Crippen LogP contribution < -0.4 is 0 Å². The van der Waals surface area contributed by atoms with Crippen LogP contribution in [-0.2, 0) is 47.7 Å². The molecule has 2 aliphatic rings. The molecular weight excluding hydrogens is 528 g/mol. The van der Waals surface area contributed by atoms with E-state index in [4.69, 9.17) is 23.7 Å². The molecule has 6 atom stereocenters. The number of ether oxygens (including phenoxy) is 5. The van der Waals surface area contributed by atoms with Crippen molar-refractivity contribution in [2.45, 2.75) is 98.2 Å². The van der Waals surface area contributed by atoms with Crippen molar-refractivity contribution >= 4 is 29.8 Å². The van der Waals surface area contributed by atoms with Crippen molar-refractivity contribution in [1.82, 2.24) is 0 Å². The monoisotopic (exact) mass is 566 g/mol. The maximum atomic E-state index is 12.3. The Kier molecular flexibility index (Phi) is 11.6. The zero-order valence-electron chi connectivity index (χ0n) is 23.8. The lowest BCUT2D eigenvalue weighted by atomic mass is 9.76. The van der Waals surface area contributed by atoms with Gasteiger partial charge in [0.1, 0.15) is 18.8 Å². The van der Waals surface area contributed by atoms with Gasteiger partial charge in [0, 0.05) is 46.6 Å².